The van der Waals surface area contributed by atoms with Gasteiger partial charge < -0.3 is 16.0 Å². The van der Waals surface area contributed by atoms with Crippen molar-refractivity contribution in [2.45, 2.75) is 86.9 Å². The van der Waals surface area contributed by atoms with Gasteiger partial charge in [-0.15, -0.1) is 0 Å². The van der Waals surface area contributed by atoms with Crippen molar-refractivity contribution in [3.63, 3.8) is 0 Å². The lowest BCUT2D eigenvalue weighted by atomic mass is 9.83. The van der Waals surface area contributed by atoms with Crippen LogP contribution in [0.5, 0.6) is 0 Å². The summed E-state index contributed by atoms with van der Waals surface area (Å²) in [7, 11) is 0. The average molecular weight is 301 g/mol. The zero-order valence-electron chi connectivity index (χ0n) is 13.8. The predicted octanol–water partition coefficient (Wildman–Crippen LogP) is 2.17. The Hall–Kier alpha value is -0.120. The second-order valence-corrected chi connectivity index (χ2v) is 9.73. The normalized spacial score (nSPS) is 62.2. The molecule has 0 bridgehead atoms. The molecular weight excluding hydrogens is 270 g/mol. The van der Waals surface area contributed by atoms with Crippen molar-refractivity contribution in [1.82, 2.24) is 16.0 Å². The van der Waals surface area contributed by atoms with Gasteiger partial charge in [-0.1, -0.05) is 0 Å². The molecule has 3 heterocycles. The third-order valence-corrected chi connectivity index (χ3v) is 8.63. The lowest BCUT2D eigenvalue weighted by Gasteiger charge is -2.41. The summed E-state index contributed by atoms with van der Waals surface area (Å²) in [5.74, 6) is 3.02. The van der Waals surface area contributed by atoms with E-state index in [0.717, 1.165) is 23.8 Å². The van der Waals surface area contributed by atoms with E-state index in [1.165, 1.54) is 77.3 Å². The zero-order chi connectivity index (χ0) is 14.4. The first-order valence-electron chi connectivity index (χ1n) is 10.0. The van der Waals surface area contributed by atoms with Crippen molar-refractivity contribution < 1.29 is 0 Å². The molecule has 3 N–H and O–H groups in total. The molecule has 0 aromatic carbocycles. The van der Waals surface area contributed by atoms with E-state index in [1.54, 1.807) is 0 Å². The molecule has 6 rings (SSSR count). The van der Waals surface area contributed by atoms with Crippen LogP contribution in [-0.2, 0) is 0 Å². The SMILES string of the molecule is C1CNC2(C1)CCC(C1CC13CC(C1CC14CCCN4)N3)C2. The third kappa shape index (κ3) is 1.68. The van der Waals surface area contributed by atoms with Gasteiger partial charge in [-0.3, -0.25) is 0 Å². The van der Waals surface area contributed by atoms with E-state index in [4.69, 9.17) is 0 Å². The predicted molar refractivity (Wildman–Crippen MR) is 87.8 cm³/mol. The fraction of sp³-hybridized carbons (Fsp3) is 1.00. The maximum absolute atomic E-state index is 4.09. The number of hydrogen-bond acceptors (Lipinski definition) is 3. The highest BCUT2D eigenvalue weighted by Gasteiger charge is 2.70. The average Bonchev–Trinajstić information content (AvgIpc) is 3.09. The minimum absolute atomic E-state index is 0.575. The maximum atomic E-state index is 4.09. The van der Waals surface area contributed by atoms with Crippen molar-refractivity contribution in [2.24, 2.45) is 17.8 Å². The van der Waals surface area contributed by atoms with Gasteiger partial charge in [0.25, 0.3) is 0 Å². The van der Waals surface area contributed by atoms with Gasteiger partial charge in [0.2, 0.25) is 0 Å². The Morgan fingerprint density at radius 2 is 1.55 bits per heavy atom. The first-order valence-corrected chi connectivity index (χ1v) is 10.0. The van der Waals surface area contributed by atoms with Crippen molar-refractivity contribution >= 4 is 0 Å². The Labute approximate surface area is 134 Å². The van der Waals surface area contributed by atoms with Crippen molar-refractivity contribution in [1.29, 1.82) is 0 Å². The van der Waals surface area contributed by atoms with Gasteiger partial charge in [0.15, 0.2) is 0 Å². The molecule has 3 spiro atoms. The van der Waals surface area contributed by atoms with Crippen LogP contribution in [0.15, 0.2) is 0 Å². The Morgan fingerprint density at radius 3 is 2.32 bits per heavy atom. The summed E-state index contributed by atoms with van der Waals surface area (Å²) in [6.45, 7) is 2.55. The van der Waals surface area contributed by atoms with Gasteiger partial charge in [0.1, 0.15) is 0 Å². The highest BCUT2D eigenvalue weighted by molar-refractivity contribution is 5.28. The van der Waals surface area contributed by atoms with Gasteiger partial charge in [-0.25, -0.2) is 0 Å². The first-order chi connectivity index (χ1) is 10.7. The van der Waals surface area contributed by atoms with Crippen LogP contribution in [-0.4, -0.2) is 35.7 Å². The summed E-state index contributed by atoms with van der Waals surface area (Å²) in [6.07, 6.45) is 14.6. The second kappa shape index (κ2) is 4.10. The van der Waals surface area contributed by atoms with E-state index in [2.05, 4.69) is 16.0 Å². The molecule has 122 valence electrons. The molecule has 3 saturated heterocycles. The van der Waals surface area contributed by atoms with Crippen LogP contribution in [0.4, 0.5) is 0 Å². The van der Waals surface area contributed by atoms with Crippen molar-refractivity contribution in [3.05, 3.63) is 0 Å². The molecule has 3 aliphatic carbocycles. The molecule has 3 nitrogen and oxygen atoms in total. The lowest BCUT2D eigenvalue weighted by molar-refractivity contribution is 0.173. The van der Waals surface area contributed by atoms with Crippen LogP contribution in [0.3, 0.4) is 0 Å². The van der Waals surface area contributed by atoms with E-state index in [-0.39, 0.29) is 0 Å². The van der Waals surface area contributed by atoms with Crippen LogP contribution >= 0.6 is 0 Å². The van der Waals surface area contributed by atoms with Crippen LogP contribution in [0.1, 0.15) is 64.2 Å². The highest BCUT2D eigenvalue weighted by atomic mass is 15.2. The van der Waals surface area contributed by atoms with E-state index in [0.29, 0.717) is 16.6 Å². The summed E-state index contributed by atoms with van der Waals surface area (Å²) in [4.78, 5) is 0. The van der Waals surface area contributed by atoms with Gasteiger partial charge in [-0.05, 0) is 95.1 Å². The summed E-state index contributed by atoms with van der Waals surface area (Å²) in [5, 5.41) is 11.7. The summed E-state index contributed by atoms with van der Waals surface area (Å²) >= 11 is 0. The molecule has 0 aromatic rings. The fourth-order valence-electron chi connectivity index (χ4n) is 7.28. The van der Waals surface area contributed by atoms with Crippen LogP contribution in [0.25, 0.3) is 0 Å². The summed E-state index contributed by atoms with van der Waals surface area (Å²) in [5.41, 5.74) is 1.78. The monoisotopic (exact) mass is 301 g/mol. The summed E-state index contributed by atoms with van der Waals surface area (Å²) < 4.78 is 0. The lowest BCUT2D eigenvalue weighted by Crippen LogP contribution is -2.59. The van der Waals surface area contributed by atoms with Crippen LogP contribution in [0, 0.1) is 17.8 Å². The number of rotatable bonds is 2. The fourth-order valence-corrected chi connectivity index (χ4v) is 7.28. The molecule has 3 heteroatoms. The van der Waals surface area contributed by atoms with Gasteiger partial charge in [0.05, 0.1) is 0 Å². The maximum Gasteiger partial charge on any atom is 0.0234 e. The standard InChI is InChI=1S/C19H31N3/c1-4-17(20-7-1)6-3-13(9-17)14-10-19(14)12-16(22-19)15-11-18(15)5-2-8-21-18/h13-16,20-22H,1-12H2. The molecule has 0 radical (unpaired) electrons. The molecule has 3 aliphatic heterocycles. The molecule has 22 heavy (non-hydrogen) atoms. The molecule has 6 aliphatic rings. The largest absolute Gasteiger partial charge is 0.311 e. The second-order valence-electron chi connectivity index (χ2n) is 9.73. The van der Waals surface area contributed by atoms with Crippen LogP contribution in [0.2, 0.25) is 0 Å². The van der Waals surface area contributed by atoms with Gasteiger partial charge >= 0.3 is 0 Å². The van der Waals surface area contributed by atoms with Gasteiger partial charge in [0, 0.05) is 22.7 Å². The van der Waals surface area contributed by atoms with E-state index >= 15 is 0 Å². The molecule has 7 atom stereocenters. The zero-order valence-corrected chi connectivity index (χ0v) is 13.8. The quantitative estimate of drug-likeness (QED) is 0.731. The Bertz CT molecular complexity index is 483. The number of nitrogens with one attached hydrogen (secondary N) is 3. The smallest absolute Gasteiger partial charge is 0.0234 e. The molecular formula is C19H31N3. The molecule has 3 saturated carbocycles. The van der Waals surface area contributed by atoms with Crippen LogP contribution < -0.4 is 16.0 Å². The van der Waals surface area contributed by atoms with Crippen molar-refractivity contribution in [3.8, 4) is 0 Å². The Morgan fingerprint density at radius 1 is 0.727 bits per heavy atom. The van der Waals surface area contributed by atoms with E-state index in [9.17, 15) is 0 Å². The Kier molecular flexibility index (Phi) is 2.46. The summed E-state index contributed by atoms with van der Waals surface area (Å²) in [6, 6.07) is 0.857. The Balaban J connectivity index is 1.06. The third-order valence-electron chi connectivity index (χ3n) is 8.63. The van der Waals surface area contributed by atoms with Gasteiger partial charge in [-0.2, -0.15) is 0 Å². The first kappa shape index (κ1) is 13.2. The van der Waals surface area contributed by atoms with E-state index < -0.39 is 0 Å². The highest BCUT2D eigenvalue weighted by Crippen LogP contribution is 2.65. The van der Waals surface area contributed by atoms with E-state index in [1.807, 2.05) is 0 Å². The minimum Gasteiger partial charge on any atom is -0.311 e. The minimum atomic E-state index is 0.575. The molecule has 7 unspecified atom stereocenters. The topological polar surface area (TPSA) is 36.1 Å². The molecule has 0 amide bonds. The van der Waals surface area contributed by atoms with Crippen molar-refractivity contribution in [2.75, 3.05) is 13.1 Å². The number of hydrogen-bond donors (Lipinski definition) is 3. The molecule has 6 fully saturated rings. The molecule has 0 aromatic heterocycles.